The molecule has 3 rings (SSSR count). The van der Waals surface area contributed by atoms with Gasteiger partial charge in [-0.15, -0.1) is 0 Å². The van der Waals surface area contributed by atoms with Gasteiger partial charge in [0.2, 0.25) is 5.89 Å². The van der Waals surface area contributed by atoms with Crippen molar-refractivity contribution in [1.29, 1.82) is 0 Å². The zero-order valence-electron chi connectivity index (χ0n) is 17.1. The Kier molecular flexibility index (Phi) is 6.50. The number of aromatic nitrogens is 1. The van der Waals surface area contributed by atoms with Crippen LogP contribution in [0.3, 0.4) is 0 Å². The molecule has 0 amide bonds. The number of nitrogens with one attached hydrogen (secondary N) is 2. The summed E-state index contributed by atoms with van der Waals surface area (Å²) < 4.78 is 5.84. The summed E-state index contributed by atoms with van der Waals surface area (Å²) in [6.07, 6.45) is 2.84. The molecule has 1 aromatic heterocycles. The van der Waals surface area contributed by atoms with Crippen molar-refractivity contribution in [3.05, 3.63) is 47.1 Å². The molecule has 2 N–H and O–H groups in total. The molecule has 0 saturated carbocycles. The molecule has 2 aromatic rings. The molecular formula is C21H30ClN5O. The van der Waals surface area contributed by atoms with E-state index in [0.29, 0.717) is 18.5 Å². The molecule has 0 spiro atoms. The molecule has 1 fully saturated rings. The van der Waals surface area contributed by atoms with Crippen LogP contribution in [0.2, 0.25) is 5.02 Å². The first kappa shape index (κ1) is 20.5. The Balaban J connectivity index is 1.60. The van der Waals surface area contributed by atoms with E-state index in [0.717, 1.165) is 48.5 Å². The molecule has 28 heavy (non-hydrogen) atoms. The van der Waals surface area contributed by atoms with Gasteiger partial charge in [-0.2, -0.15) is 0 Å². The van der Waals surface area contributed by atoms with Crippen molar-refractivity contribution in [2.45, 2.75) is 52.1 Å². The summed E-state index contributed by atoms with van der Waals surface area (Å²) >= 11 is 6.13. The van der Waals surface area contributed by atoms with Gasteiger partial charge < -0.3 is 20.0 Å². The number of hydrogen-bond donors (Lipinski definition) is 2. The highest BCUT2D eigenvalue weighted by molar-refractivity contribution is 6.30. The first-order chi connectivity index (χ1) is 13.3. The zero-order valence-corrected chi connectivity index (χ0v) is 17.9. The lowest BCUT2D eigenvalue weighted by Gasteiger charge is -2.20. The van der Waals surface area contributed by atoms with E-state index < -0.39 is 0 Å². The van der Waals surface area contributed by atoms with Crippen molar-refractivity contribution in [2.75, 3.05) is 24.5 Å². The predicted molar refractivity (Wildman–Crippen MR) is 115 cm³/mol. The molecule has 1 aromatic carbocycles. The van der Waals surface area contributed by atoms with E-state index >= 15 is 0 Å². The fourth-order valence-corrected chi connectivity index (χ4v) is 3.36. The van der Waals surface area contributed by atoms with E-state index in [4.69, 9.17) is 16.0 Å². The topological polar surface area (TPSA) is 65.7 Å². The van der Waals surface area contributed by atoms with E-state index in [1.807, 2.05) is 18.2 Å². The lowest BCUT2D eigenvalue weighted by Crippen LogP contribution is -2.44. The third kappa shape index (κ3) is 5.41. The highest BCUT2D eigenvalue weighted by atomic mass is 35.5. The second-order valence-corrected chi connectivity index (χ2v) is 8.56. The standard InChI is InChI=1S/C21H30ClN5O/c1-5-23-20(25-13-19-24-12-18(28-19)21(2,3)4)26-16-9-10-27(14-16)17-8-6-7-15(22)11-17/h6-8,11-12,16H,5,9-10,13-14H2,1-4H3,(H2,23,25,26). The van der Waals surface area contributed by atoms with Crippen molar-refractivity contribution in [3.8, 4) is 0 Å². The molecule has 6 nitrogen and oxygen atoms in total. The molecule has 0 radical (unpaired) electrons. The van der Waals surface area contributed by atoms with Gasteiger partial charge in [0.05, 0.1) is 6.20 Å². The number of hydrogen-bond acceptors (Lipinski definition) is 4. The van der Waals surface area contributed by atoms with E-state index in [1.54, 1.807) is 6.20 Å². The minimum absolute atomic E-state index is 0.0502. The zero-order chi connectivity index (χ0) is 20.1. The maximum absolute atomic E-state index is 6.13. The largest absolute Gasteiger partial charge is 0.443 e. The van der Waals surface area contributed by atoms with Crippen molar-refractivity contribution in [2.24, 2.45) is 4.99 Å². The van der Waals surface area contributed by atoms with Crippen molar-refractivity contribution >= 4 is 23.2 Å². The normalized spacial score (nSPS) is 17.8. The van der Waals surface area contributed by atoms with Crippen LogP contribution in [-0.2, 0) is 12.0 Å². The Hall–Kier alpha value is -2.21. The second-order valence-electron chi connectivity index (χ2n) is 8.12. The SMILES string of the molecule is CCNC(=NCc1ncc(C(C)(C)C)o1)NC1CCN(c2cccc(Cl)c2)C1. The van der Waals surface area contributed by atoms with Crippen LogP contribution < -0.4 is 15.5 Å². The van der Waals surface area contributed by atoms with Crippen LogP contribution in [0.4, 0.5) is 5.69 Å². The highest BCUT2D eigenvalue weighted by Gasteiger charge is 2.24. The van der Waals surface area contributed by atoms with Gasteiger partial charge in [-0.05, 0) is 31.5 Å². The molecule has 1 saturated heterocycles. The van der Waals surface area contributed by atoms with Gasteiger partial charge in [0.15, 0.2) is 5.96 Å². The number of guanidine groups is 1. The number of anilines is 1. The lowest BCUT2D eigenvalue weighted by atomic mass is 9.94. The average Bonchev–Trinajstić information content (AvgIpc) is 3.29. The number of rotatable bonds is 5. The Labute approximate surface area is 172 Å². The van der Waals surface area contributed by atoms with Crippen molar-refractivity contribution in [3.63, 3.8) is 0 Å². The van der Waals surface area contributed by atoms with Crippen LogP contribution in [0.15, 0.2) is 39.9 Å². The van der Waals surface area contributed by atoms with Crippen molar-refractivity contribution < 1.29 is 4.42 Å². The first-order valence-corrected chi connectivity index (χ1v) is 10.2. The molecule has 1 atom stereocenters. The van der Waals surface area contributed by atoms with Crippen LogP contribution in [0, 0.1) is 0 Å². The van der Waals surface area contributed by atoms with E-state index in [9.17, 15) is 0 Å². The smallest absolute Gasteiger partial charge is 0.216 e. The van der Waals surface area contributed by atoms with Gasteiger partial charge in [-0.25, -0.2) is 9.98 Å². The molecule has 2 heterocycles. The van der Waals surface area contributed by atoms with E-state index in [1.165, 1.54) is 0 Å². The Bertz CT molecular complexity index is 811. The molecule has 0 aliphatic carbocycles. The highest BCUT2D eigenvalue weighted by Crippen LogP contribution is 2.24. The minimum atomic E-state index is -0.0502. The third-order valence-electron chi connectivity index (χ3n) is 4.71. The quantitative estimate of drug-likeness (QED) is 0.584. The van der Waals surface area contributed by atoms with Crippen LogP contribution in [0.1, 0.15) is 45.8 Å². The van der Waals surface area contributed by atoms with Crippen molar-refractivity contribution in [1.82, 2.24) is 15.6 Å². The molecule has 1 aliphatic rings. The molecular weight excluding hydrogens is 374 g/mol. The monoisotopic (exact) mass is 403 g/mol. The van der Waals surface area contributed by atoms with Crippen LogP contribution in [0.5, 0.6) is 0 Å². The fourth-order valence-electron chi connectivity index (χ4n) is 3.18. The predicted octanol–water partition coefficient (Wildman–Crippen LogP) is 3.96. The Morgan fingerprint density at radius 1 is 1.39 bits per heavy atom. The van der Waals surface area contributed by atoms with Crippen LogP contribution in [0.25, 0.3) is 0 Å². The van der Waals surface area contributed by atoms with Gasteiger partial charge in [0.25, 0.3) is 0 Å². The summed E-state index contributed by atoms with van der Waals surface area (Å²) in [6.45, 7) is 11.5. The van der Waals surface area contributed by atoms with Gasteiger partial charge in [-0.1, -0.05) is 38.4 Å². The Morgan fingerprint density at radius 2 is 2.21 bits per heavy atom. The van der Waals surface area contributed by atoms with Crippen LogP contribution >= 0.6 is 11.6 Å². The maximum atomic E-state index is 6.13. The van der Waals surface area contributed by atoms with Gasteiger partial charge in [0, 0.05) is 41.8 Å². The minimum Gasteiger partial charge on any atom is -0.443 e. The van der Waals surface area contributed by atoms with E-state index in [2.05, 4.69) is 59.3 Å². The summed E-state index contributed by atoms with van der Waals surface area (Å²) in [4.78, 5) is 11.4. The number of benzene rings is 1. The lowest BCUT2D eigenvalue weighted by molar-refractivity contribution is 0.383. The number of nitrogens with zero attached hydrogens (tertiary/aromatic N) is 3. The molecule has 7 heteroatoms. The summed E-state index contributed by atoms with van der Waals surface area (Å²) in [5, 5.41) is 7.61. The summed E-state index contributed by atoms with van der Waals surface area (Å²) in [7, 11) is 0. The summed E-state index contributed by atoms with van der Waals surface area (Å²) in [5.41, 5.74) is 1.11. The van der Waals surface area contributed by atoms with Gasteiger partial charge in [0.1, 0.15) is 12.3 Å². The first-order valence-electron chi connectivity index (χ1n) is 9.85. The Morgan fingerprint density at radius 3 is 2.89 bits per heavy atom. The van der Waals surface area contributed by atoms with Gasteiger partial charge in [-0.3, -0.25) is 0 Å². The number of aliphatic imine (C=N–C) groups is 1. The molecule has 1 aliphatic heterocycles. The summed E-state index contributed by atoms with van der Waals surface area (Å²) in [5.74, 6) is 2.30. The summed E-state index contributed by atoms with van der Waals surface area (Å²) in [6, 6.07) is 8.33. The number of halogens is 1. The third-order valence-corrected chi connectivity index (χ3v) is 4.95. The average molecular weight is 404 g/mol. The maximum Gasteiger partial charge on any atom is 0.216 e. The van der Waals surface area contributed by atoms with E-state index in [-0.39, 0.29) is 5.41 Å². The van der Waals surface area contributed by atoms with Gasteiger partial charge >= 0.3 is 0 Å². The molecule has 0 bridgehead atoms. The molecule has 152 valence electrons. The fraction of sp³-hybridized carbons (Fsp3) is 0.524. The number of oxazole rings is 1. The molecule has 1 unspecified atom stereocenters. The second kappa shape index (κ2) is 8.86. The van der Waals surface area contributed by atoms with Crippen LogP contribution in [-0.4, -0.2) is 36.6 Å².